The number of likely N-dealkylation sites (tertiary alicyclic amines) is 1. The van der Waals surface area contributed by atoms with Gasteiger partial charge in [0.2, 0.25) is 5.91 Å². The van der Waals surface area contributed by atoms with E-state index in [0.29, 0.717) is 18.0 Å². The van der Waals surface area contributed by atoms with Crippen LogP contribution in [0.3, 0.4) is 0 Å². The highest BCUT2D eigenvalue weighted by atomic mass is 35.5. The molecule has 2 fully saturated rings. The van der Waals surface area contributed by atoms with Crippen molar-refractivity contribution in [1.82, 2.24) is 10.2 Å². The third kappa shape index (κ3) is 3.61. The van der Waals surface area contributed by atoms with Crippen LogP contribution >= 0.6 is 11.6 Å². The summed E-state index contributed by atoms with van der Waals surface area (Å²) in [6.45, 7) is 3.39. The molecule has 3 amide bonds. The van der Waals surface area contributed by atoms with Gasteiger partial charge in [-0.05, 0) is 50.5 Å². The minimum absolute atomic E-state index is 0.0318. The monoisotopic (exact) mass is 335 g/mol. The van der Waals surface area contributed by atoms with E-state index in [1.54, 1.807) is 17.0 Å². The van der Waals surface area contributed by atoms with Crippen LogP contribution in [0.25, 0.3) is 0 Å². The Morgan fingerprint density at radius 1 is 1.26 bits per heavy atom. The van der Waals surface area contributed by atoms with Gasteiger partial charge >= 0.3 is 6.03 Å². The van der Waals surface area contributed by atoms with Crippen molar-refractivity contribution < 1.29 is 9.59 Å². The molecule has 23 heavy (non-hydrogen) atoms. The van der Waals surface area contributed by atoms with Gasteiger partial charge in [0.1, 0.15) is 0 Å². The number of rotatable bonds is 2. The van der Waals surface area contributed by atoms with Crippen molar-refractivity contribution in [3.8, 4) is 0 Å². The fourth-order valence-electron chi connectivity index (χ4n) is 3.33. The summed E-state index contributed by atoms with van der Waals surface area (Å²) in [6.07, 6.45) is 3.62. The maximum Gasteiger partial charge on any atom is 0.317 e. The number of nitrogens with zero attached hydrogens (tertiary/aromatic N) is 2. The van der Waals surface area contributed by atoms with Crippen LogP contribution in [0.2, 0.25) is 5.02 Å². The molecule has 0 aliphatic carbocycles. The van der Waals surface area contributed by atoms with E-state index in [0.717, 1.165) is 25.1 Å². The highest BCUT2D eigenvalue weighted by molar-refractivity contribution is 6.30. The van der Waals surface area contributed by atoms with Crippen molar-refractivity contribution in [3.63, 3.8) is 0 Å². The topological polar surface area (TPSA) is 52.7 Å². The number of anilines is 1. The lowest BCUT2D eigenvalue weighted by atomic mass is 10.0. The zero-order chi connectivity index (χ0) is 16.4. The predicted molar refractivity (Wildman–Crippen MR) is 90.8 cm³/mol. The van der Waals surface area contributed by atoms with Gasteiger partial charge in [-0.3, -0.25) is 4.79 Å². The minimum Gasteiger partial charge on any atom is -0.333 e. The van der Waals surface area contributed by atoms with Gasteiger partial charge < -0.3 is 15.1 Å². The number of amides is 3. The standard InChI is InChI=1S/C17H22ClN3O2/c1-12-4-2-3-9-20(12)17(23)19-14-10-16(22)21(11-14)15-7-5-13(18)6-8-15/h5-8,12,14H,2-4,9-11H2,1H3,(H,19,23)/t12-,14+/m1/s1. The van der Waals surface area contributed by atoms with Gasteiger partial charge in [0.05, 0.1) is 6.04 Å². The van der Waals surface area contributed by atoms with Crippen molar-refractivity contribution >= 4 is 29.2 Å². The number of piperidine rings is 1. The lowest BCUT2D eigenvalue weighted by Crippen LogP contribution is -2.50. The number of hydrogen-bond acceptors (Lipinski definition) is 2. The summed E-state index contributed by atoms with van der Waals surface area (Å²) >= 11 is 5.89. The maximum atomic E-state index is 12.4. The molecule has 0 unspecified atom stereocenters. The van der Waals surface area contributed by atoms with E-state index < -0.39 is 0 Å². The molecule has 2 saturated heterocycles. The Balaban J connectivity index is 1.61. The Hall–Kier alpha value is -1.75. The van der Waals surface area contributed by atoms with Crippen LogP contribution < -0.4 is 10.2 Å². The van der Waals surface area contributed by atoms with Gasteiger partial charge in [0.15, 0.2) is 0 Å². The first-order valence-corrected chi connectivity index (χ1v) is 8.55. The van der Waals surface area contributed by atoms with Crippen molar-refractivity contribution in [1.29, 1.82) is 0 Å². The summed E-state index contributed by atoms with van der Waals surface area (Å²) < 4.78 is 0. The molecule has 1 aromatic carbocycles. The Morgan fingerprint density at radius 3 is 2.70 bits per heavy atom. The average Bonchev–Trinajstić information content (AvgIpc) is 2.89. The lowest BCUT2D eigenvalue weighted by molar-refractivity contribution is -0.117. The molecule has 2 atom stereocenters. The number of nitrogens with one attached hydrogen (secondary N) is 1. The molecule has 2 aliphatic heterocycles. The van der Waals surface area contributed by atoms with Crippen LogP contribution in [0, 0.1) is 0 Å². The van der Waals surface area contributed by atoms with Crippen LogP contribution in [-0.4, -0.2) is 42.0 Å². The number of carbonyl (C=O) groups is 2. The fraction of sp³-hybridized carbons (Fsp3) is 0.529. The first kappa shape index (κ1) is 16.1. The number of hydrogen-bond donors (Lipinski definition) is 1. The molecule has 0 bridgehead atoms. The molecule has 0 aromatic heterocycles. The highest BCUT2D eigenvalue weighted by Crippen LogP contribution is 2.24. The molecule has 0 spiro atoms. The summed E-state index contributed by atoms with van der Waals surface area (Å²) in [4.78, 5) is 28.2. The van der Waals surface area contributed by atoms with Gasteiger partial charge in [0.25, 0.3) is 0 Å². The second kappa shape index (κ2) is 6.79. The Kier molecular flexibility index (Phi) is 4.76. The maximum absolute atomic E-state index is 12.4. The Morgan fingerprint density at radius 2 is 2.00 bits per heavy atom. The molecule has 3 rings (SSSR count). The molecule has 1 aromatic rings. The minimum atomic E-state index is -0.139. The number of benzene rings is 1. The lowest BCUT2D eigenvalue weighted by Gasteiger charge is -2.34. The summed E-state index contributed by atoms with van der Waals surface area (Å²) in [6, 6.07) is 7.28. The predicted octanol–water partition coefficient (Wildman–Crippen LogP) is 3.03. The summed E-state index contributed by atoms with van der Waals surface area (Å²) in [7, 11) is 0. The summed E-state index contributed by atoms with van der Waals surface area (Å²) in [5.74, 6) is 0.0318. The number of carbonyl (C=O) groups excluding carboxylic acids is 2. The van der Waals surface area contributed by atoms with Crippen LogP contribution in [0.1, 0.15) is 32.6 Å². The fourth-order valence-corrected chi connectivity index (χ4v) is 3.46. The van der Waals surface area contributed by atoms with E-state index in [9.17, 15) is 9.59 Å². The van der Waals surface area contributed by atoms with Crippen molar-refractivity contribution in [2.24, 2.45) is 0 Å². The van der Waals surface area contributed by atoms with Crippen LogP contribution in [-0.2, 0) is 4.79 Å². The largest absolute Gasteiger partial charge is 0.333 e. The molecule has 2 aliphatic rings. The normalized spacial score (nSPS) is 24.9. The Labute approximate surface area is 141 Å². The Bertz CT molecular complexity index is 590. The molecular weight excluding hydrogens is 314 g/mol. The van der Waals surface area contributed by atoms with E-state index in [1.807, 2.05) is 17.0 Å². The zero-order valence-corrected chi connectivity index (χ0v) is 14.1. The molecule has 5 nitrogen and oxygen atoms in total. The second-order valence-electron chi connectivity index (χ2n) is 6.37. The van der Waals surface area contributed by atoms with Crippen molar-refractivity contribution in [2.75, 3.05) is 18.0 Å². The molecule has 124 valence electrons. The average molecular weight is 336 g/mol. The summed E-state index contributed by atoms with van der Waals surface area (Å²) in [5, 5.41) is 3.66. The SMILES string of the molecule is C[C@@H]1CCCCN1C(=O)N[C@H]1CC(=O)N(c2ccc(Cl)cc2)C1. The van der Waals surface area contributed by atoms with E-state index in [-0.39, 0.29) is 24.0 Å². The van der Waals surface area contributed by atoms with Crippen LogP contribution in [0.15, 0.2) is 24.3 Å². The quantitative estimate of drug-likeness (QED) is 0.903. The molecular formula is C17H22ClN3O2. The third-order valence-corrected chi connectivity index (χ3v) is 4.91. The van der Waals surface area contributed by atoms with E-state index >= 15 is 0 Å². The molecule has 1 N–H and O–H groups in total. The van der Waals surface area contributed by atoms with Gasteiger partial charge in [-0.1, -0.05) is 11.6 Å². The first-order chi connectivity index (χ1) is 11.0. The number of halogens is 1. The zero-order valence-electron chi connectivity index (χ0n) is 13.3. The number of urea groups is 1. The molecule has 6 heteroatoms. The van der Waals surface area contributed by atoms with Gasteiger partial charge in [-0.2, -0.15) is 0 Å². The van der Waals surface area contributed by atoms with Crippen LogP contribution in [0.5, 0.6) is 0 Å². The van der Waals surface area contributed by atoms with Crippen molar-refractivity contribution in [2.45, 2.75) is 44.7 Å². The van der Waals surface area contributed by atoms with E-state index in [1.165, 1.54) is 6.42 Å². The van der Waals surface area contributed by atoms with Gasteiger partial charge in [0, 0.05) is 36.3 Å². The highest BCUT2D eigenvalue weighted by Gasteiger charge is 2.33. The van der Waals surface area contributed by atoms with E-state index in [4.69, 9.17) is 11.6 Å². The first-order valence-electron chi connectivity index (χ1n) is 8.17. The smallest absolute Gasteiger partial charge is 0.317 e. The third-order valence-electron chi connectivity index (χ3n) is 4.65. The summed E-state index contributed by atoms with van der Waals surface area (Å²) in [5.41, 5.74) is 0.822. The van der Waals surface area contributed by atoms with Crippen LogP contribution in [0.4, 0.5) is 10.5 Å². The molecule has 2 heterocycles. The van der Waals surface area contributed by atoms with Gasteiger partial charge in [-0.15, -0.1) is 0 Å². The van der Waals surface area contributed by atoms with Crippen molar-refractivity contribution in [3.05, 3.63) is 29.3 Å². The second-order valence-corrected chi connectivity index (χ2v) is 6.81. The molecule has 0 saturated carbocycles. The molecule has 0 radical (unpaired) electrons. The van der Waals surface area contributed by atoms with E-state index in [2.05, 4.69) is 12.2 Å². The van der Waals surface area contributed by atoms with Gasteiger partial charge in [-0.25, -0.2) is 4.79 Å².